The molecule has 0 unspecified atom stereocenters. The second-order valence-corrected chi connectivity index (χ2v) is 10.0. The monoisotopic (exact) mass is 452 g/mol. The Morgan fingerprint density at radius 2 is 1.79 bits per heavy atom. The van der Waals surface area contributed by atoms with Crippen LogP contribution in [-0.2, 0) is 20.7 Å². The highest BCUT2D eigenvalue weighted by molar-refractivity contribution is 5.83. The number of amides is 2. The highest BCUT2D eigenvalue weighted by Crippen LogP contribution is 2.41. The summed E-state index contributed by atoms with van der Waals surface area (Å²) in [6, 6.07) is 14.1. The van der Waals surface area contributed by atoms with Gasteiger partial charge in [-0.05, 0) is 56.0 Å². The van der Waals surface area contributed by atoms with E-state index in [-0.39, 0.29) is 35.9 Å². The van der Waals surface area contributed by atoms with Crippen molar-refractivity contribution in [1.29, 1.82) is 0 Å². The minimum absolute atomic E-state index is 0.0288. The molecule has 0 radical (unpaired) electrons. The molecule has 7 heteroatoms. The molecule has 0 bridgehead atoms. The van der Waals surface area contributed by atoms with Crippen LogP contribution in [0.25, 0.3) is 0 Å². The number of fused-ring (bicyclic) bond motifs is 2. The molecule has 0 aromatic heterocycles. The number of rotatable bonds is 2. The lowest BCUT2D eigenvalue weighted by Gasteiger charge is -2.39. The summed E-state index contributed by atoms with van der Waals surface area (Å²) < 4.78 is 25.0. The van der Waals surface area contributed by atoms with Crippen molar-refractivity contribution in [2.45, 2.75) is 63.4 Å². The fraction of sp³-hybridized carbons (Fsp3) is 0.462. The van der Waals surface area contributed by atoms with Crippen LogP contribution in [0, 0.1) is 5.82 Å². The van der Waals surface area contributed by atoms with Gasteiger partial charge in [0.2, 0.25) is 0 Å². The second-order valence-electron chi connectivity index (χ2n) is 10.0. The van der Waals surface area contributed by atoms with Gasteiger partial charge in [0.25, 0.3) is 5.91 Å². The molecule has 2 saturated heterocycles. The maximum Gasteiger partial charge on any atom is 0.411 e. The Hall–Kier alpha value is -2.93. The van der Waals surface area contributed by atoms with E-state index in [9.17, 15) is 14.0 Å². The maximum absolute atomic E-state index is 13.7. The Morgan fingerprint density at radius 1 is 1.06 bits per heavy atom. The molecule has 2 aromatic rings. The Labute approximate surface area is 193 Å². The van der Waals surface area contributed by atoms with E-state index in [1.54, 1.807) is 17.0 Å². The van der Waals surface area contributed by atoms with E-state index in [0.717, 1.165) is 17.5 Å². The molecule has 5 rings (SSSR count). The van der Waals surface area contributed by atoms with Gasteiger partial charge in [0.05, 0.1) is 24.7 Å². The number of carbonyl (C=O) groups excluding carboxylic acids is 2. The minimum Gasteiger partial charge on any atom is -0.444 e. The van der Waals surface area contributed by atoms with E-state index in [1.165, 1.54) is 17.7 Å². The first kappa shape index (κ1) is 21.9. The maximum atomic E-state index is 13.7. The number of benzene rings is 2. The van der Waals surface area contributed by atoms with Crippen LogP contribution in [-0.4, -0.2) is 58.7 Å². The van der Waals surface area contributed by atoms with E-state index < -0.39 is 11.7 Å². The smallest absolute Gasteiger partial charge is 0.411 e. The van der Waals surface area contributed by atoms with Gasteiger partial charge in [0.15, 0.2) is 0 Å². The third-order valence-corrected chi connectivity index (χ3v) is 6.62. The Balaban J connectivity index is 1.36. The zero-order valence-corrected chi connectivity index (χ0v) is 19.2. The molecule has 0 N–H and O–H groups in total. The zero-order chi connectivity index (χ0) is 23.3. The topological polar surface area (TPSA) is 58.9 Å². The highest BCUT2D eigenvalue weighted by Gasteiger charge is 2.57. The molecule has 2 aromatic carbocycles. The number of carbonyl (C=O) groups is 2. The molecule has 174 valence electrons. The standard InChI is InChI=1S/C26H29FN2O4/c1-26(2,3)33-25(31)29-20-14-22(32-15-21(20)29)24(30)28-13-12-16-6-4-5-7-19(16)23(28)17-8-10-18(27)11-9-17/h4-11,20-23H,12-15H2,1-3H3/t20-,21+,22-,23+,29?/m1/s1. The molecule has 3 aliphatic heterocycles. The van der Waals surface area contributed by atoms with Gasteiger partial charge in [-0.2, -0.15) is 0 Å². The molecule has 2 amide bonds. The molecule has 0 saturated carbocycles. The van der Waals surface area contributed by atoms with E-state index in [4.69, 9.17) is 9.47 Å². The van der Waals surface area contributed by atoms with E-state index in [0.29, 0.717) is 19.6 Å². The first-order chi connectivity index (χ1) is 15.7. The predicted octanol–water partition coefficient (Wildman–Crippen LogP) is 4.08. The molecular weight excluding hydrogens is 423 g/mol. The lowest BCUT2D eigenvalue weighted by molar-refractivity contribution is -0.147. The molecular formula is C26H29FN2O4. The lowest BCUT2D eigenvalue weighted by Crippen LogP contribution is -2.48. The predicted molar refractivity (Wildman–Crippen MR) is 120 cm³/mol. The number of hydrogen-bond acceptors (Lipinski definition) is 4. The van der Waals surface area contributed by atoms with Crippen molar-refractivity contribution < 1.29 is 23.5 Å². The summed E-state index contributed by atoms with van der Waals surface area (Å²) in [4.78, 5) is 29.7. The number of ether oxygens (including phenoxy) is 2. The van der Waals surface area contributed by atoms with Crippen LogP contribution in [0.3, 0.4) is 0 Å². The van der Waals surface area contributed by atoms with Gasteiger partial charge in [-0.25, -0.2) is 9.18 Å². The van der Waals surface area contributed by atoms with Gasteiger partial charge < -0.3 is 14.4 Å². The van der Waals surface area contributed by atoms with Gasteiger partial charge in [0, 0.05) is 13.0 Å². The molecule has 6 nitrogen and oxygen atoms in total. The van der Waals surface area contributed by atoms with E-state index >= 15 is 0 Å². The number of hydrogen-bond donors (Lipinski definition) is 0. The minimum atomic E-state index is -0.619. The Morgan fingerprint density at radius 3 is 2.52 bits per heavy atom. The average molecular weight is 453 g/mol. The van der Waals surface area contributed by atoms with Crippen molar-refractivity contribution >= 4 is 12.0 Å². The molecule has 0 aliphatic carbocycles. The summed E-state index contributed by atoms with van der Waals surface area (Å²) in [5.41, 5.74) is 2.55. The Kier molecular flexibility index (Phi) is 5.40. The molecule has 3 aliphatic rings. The summed E-state index contributed by atoms with van der Waals surface area (Å²) in [7, 11) is 0. The summed E-state index contributed by atoms with van der Waals surface area (Å²) in [6.07, 6.45) is 0.233. The van der Waals surface area contributed by atoms with Crippen LogP contribution < -0.4 is 0 Å². The molecule has 0 spiro atoms. The third kappa shape index (κ3) is 4.22. The van der Waals surface area contributed by atoms with Crippen molar-refractivity contribution in [3.05, 3.63) is 71.0 Å². The fourth-order valence-electron chi connectivity index (χ4n) is 5.05. The summed E-state index contributed by atoms with van der Waals surface area (Å²) in [5, 5.41) is 0. The van der Waals surface area contributed by atoms with Gasteiger partial charge in [-0.15, -0.1) is 0 Å². The number of nitrogens with zero attached hydrogens (tertiary/aromatic N) is 2. The quantitative estimate of drug-likeness (QED) is 0.645. The molecule has 2 fully saturated rings. The first-order valence-corrected chi connectivity index (χ1v) is 11.5. The van der Waals surface area contributed by atoms with Crippen LogP contribution in [0.1, 0.15) is 49.9 Å². The van der Waals surface area contributed by atoms with E-state index in [1.807, 2.05) is 43.9 Å². The zero-order valence-electron chi connectivity index (χ0n) is 19.2. The van der Waals surface area contributed by atoms with Crippen LogP contribution in [0.5, 0.6) is 0 Å². The third-order valence-electron chi connectivity index (χ3n) is 6.62. The Bertz CT molecular complexity index is 1060. The summed E-state index contributed by atoms with van der Waals surface area (Å²) in [6.45, 7) is 6.40. The van der Waals surface area contributed by atoms with Crippen molar-refractivity contribution in [2.75, 3.05) is 13.2 Å². The van der Waals surface area contributed by atoms with Gasteiger partial charge >= 0.3 is 6.09 Å². The summed E-state index contributed by atoms with van der Waals surface area (Å²) >= 11 is 0. The second kappa shape index (κ2) is 8.13. The highest BCUT2D eigenvalue weighted by atomic mass is 19.1. The van der Waals surface area contributed by atoms with Crippen molar-refractivity contribution in [3.63, 3.8) is 0 Å². The van der Waals surface area contributed by atoms with Crippen LogP contribution in [0.15, 0.2) is 48.5 Å². The lowest BCUT2D eigenvalue weighted by atomic mass is 9.87. The first-order valence-electron chi connectivity index (χ1n) is 11.5. The van der Waals surface area contributed by atoms with Gasteiger partial charge in [-0.3, -0.25) is 9.69 Å². The largest absolute Gasteiger partial charge is 0.444 e. The van der Waals surface area contributed by atoms with Gasteiger partial charge in [0.1, 0.15) is 17.5 Å². The molecule has 4 atom stereocenters. The normalized spacial score (nSPS) is 26.3. The van der Waals surface area contributed by atoms with Crippen molar-refractivity contribution in [1.82, 2.24) is 9.80 Å². The van der Waals surface area contributed by atoms with Crippen LogP contribution >= 0.6 is 0 Å². The summed E-state index contributed by atoms with van der Waals surface area (Å²) in [5.74, 6) is -0.397. The van der Waals surface area contributed by atoms with Crippen LogP contribution in [0.4, 0.5) is 9.18 Å². The number of halogens is 1. The van der Waals surface area contributed by atoms with Crippen molar-refractivity contribution in [3.8, 4) is 0 Å². The average Bonchev–Trinajstić information content (AvgIpc) is 3.51. The fourth-order valence-corrected chi connectivity index (χ4v) is 5.05. The van der Waals surface area contributed by atoms with Gasteiger partial charge in [-0.1, -0.05) is 36.4 Å². The SMILES string of the molecule is CC(C)(C)OC(=O)N1[C@@H]2C[C@H](C(=O)N3CCc4ccccc4[C@@H]3c3ccc(F)cc3)OC[C@@H]21. The molecule has 33 heavy (non-hydrogen) atoms. The van der Waals surface area contributed by atoms with Crippen molar-refractivity contribution in [2.24, 2.45) is 0 Å². The van der Waals surface area contributed by atoms with E-state index in [2.05, 4.69) is 6.07 Å². The van der Waals surface area contributed by atoms with Crippen LogP contribution in [0.2, 0.25) is 0 Å². The molecule has 3 heterocycles.